The second kappa shape index (κ2) is 5.70. The van der Waals surface area contributed by atoms with Crippen LogP contribution in [0.2, 0.25) is 0 Å². The van der Waals surface area contributed by atoms with Gasteiger partial charge in [0.25, 0.3) is 0 Å². The van der Waals surface area contributed by atoms with Crippen molar-refractivity contribution in [3.8, 4) is 0 Å². The zero-order chi connectivity index (χ0) is 12.1. The van der Waals surface area contributed by atoms with E-state index in [-0.39, 0.29) is 0 Å². The first-order valence-corrected chi connectivity index (χ1v) is 5.93. The highest BCUT2D eigenvalue weighted by molar-refractivity contribution is 7.39. The van der Waals surface area contributed by atoms with Gasteiger partial charge in [0.05, 0.1) is 0 Å². The normalized spacial score (nSPS) is 15.2. The quantitative estimate of drug-likeness (QED) is 0.769. The molecule has 86 valence electrons. The van der Waals surface area contributed by atoms with Crippen LogP contribution in [-0.2, 0) is 13.9 Å². The maximum Gasteiger partial charge on any atom is 0.527 e. The van der Waals surface area contributed by atoms with Gasteiger partial charge >= 0.3 is 14.0 Å². The van der Waals surface area contributed by atoms with Crippen LogP contribution in [0, 0.1) is 0 Å². The molecular weight excluding hydrogens is 229 g/mol. The van der Waals surface area contributed by atoms with Gasteiger partial charge in [0.15, 0.2) is 0 Å². The third-order valence-electron chi connectivity index (χ3n) is 1.87. The maximum absolute atomic E-state index is 11.4. The van der Waals surface area contributed by atoms with Gasteiger partial charge in [0, 0.05) is 0 Å². The van der Waals surface area contributed by atoms with Crippen molar-refractivity contribution in [1.82, 2.24) is 0 Å². The lowest BCUT2D eigenvalue weighted by molar-refractivity contribution is -0.145. The van der Waals surface area contributed by atoms with Crippen molar-refractivity contribution >= 4 is 14.0 Å². The average Bonchev–Trinajstić information content (AvgIpc) is 2.26. The van der Waals surface area contributed by atoms with Gasteiger partial charge in [-0.05, 0) is 17.1 Å². The number of rotatable bonds is 5. The molecule has 0 aromatic heterocycles. The lowest BCUT2D eigenvalue weighted by Gasteiger charge is -2.06. The number of nitrogens with two attached hydrogens (primary N) is 1. The molecular formula is C10H13NO4P+. The van der Waals surface area contributed by atoms with Crippen molar-refractivity contribution in [3.63, 3.8) is 0 Å². The topological polar surface area (TPSA) is 89.6 Å². The number of aliphatic carboxylic acids is 1. The fourth-order valence-electron chi connectivity index (χ4n) is 1.08. The van der Waals surface area contributed by atoms with Gasteiger partial charge in [0.1, 0.15) is 0 Å². The molecule has 0 amide bonds. The lowest BCUT2D eigenvalue weighted by Crippen LogP contribution is -2.17. The molecule has 0 saturated heterocycles. The number of benzene rings is 1. The molecule has 0 heterocycles. The van der Waals surface area contributed by atoms with E-state index < -0.39 is 25.9 Å². The highest BCUT2D eigenvalue weighted by Gasteiger charge is 2.34. The second-order valence-electron chi connectivity index (χ2n) is 3.26. The molecule has 1 unspecified atom stereocenters. The third kappa shape index (κ3) is 3.38. The summed E-state index contributed by atoms with van der Waals surface area (Å²) in [6.45, 7) is 1.50. The Hall–Kier alpha value is -1.29. The fraction of sp³-hybridized carbons (Fsp3) is 0.300. The Bertz CT molecular complexity index is 380. The van der Waals surface area contributed by atoms with Crippen LogP contribution in [-0.4, -0.2) is 16.9 Å². The van der Waals surface area contributed by atoms with E-state index in [1.165, 1.54) is 6.92 Å². The molecule has 1 rings (SSSR count). The third-order valence-corrected chi connectivity index (χ3v) is 2.95. The first kappa shape index (κ1) is 12.8. The maximum atomic E-state index is 11.4. The summed E-state index contributed by atoms with van der Waals surface area (Å²) in [4.78, 5) is 11.0. The van der Waals surface area contributed by atoms with Gasteiger partial charge in [-0.25, -0.2) is 4.79 Å². The summed E-state index contributed by atoms with van der Waals surface area (Å²) in [7, 11) is -2.19. The van der Waals surface area contributed by atoms with Gasteiger partial charge in [-0.1, -0.05) is 30.3 Å². The zero-order valence-corrected chi connectivity index (χ0v) is 9.63. The van der Waals surface area contributed by atoms with E-state index in [0.29, 0.717) is 5.56 Å². The van der Waals surface area contributed by atoms with Crippen LogP contribution in [0.25, 0.3) is 0 Å². The highest BCUT2D eigenvalue weighted by atomic mass is 31.1. The number of carbonyl (C=O) groups is 1. The summed E-state index contributed by atoms with van der Waals surface area (Å²) in [5.74, 6) is -1.88. The Balaban J connectivity index is 2.85. The molecule has 0 spiro atoms. The van der Waals surface area contributed by atoms with Crippen molar-refractivity contribution in [2.45, 2.75) is 18.8 Å². The van der Waals surface area contributed by atoms with E-state index in [9.17, 15) is 9.36 Å². The monoisotopic (exact) mass is 242 g/mol. The minimum absolute atomic E-state index is 0.444. The summed E-state index contributed by atoms with van der Waals surface area (Å²) in [6.07, 6.45) is -1.24. The molecule has 0 radical (unpaired) electrons. The van der Waals surface area contributed by atoms with Crippen molar-refractivity contribution in [2.24, 2.45) is 5.73 Å². The largest absolute Gasteiger partial charge is 0.527 e. The molecule has 1 aromatic carbocycles. The van der Waals surface area contributed by atoms with E-state index in [4.69, 9.17) is 15.4 Å². The Labute approximate surface area is 94.1 Å². The first-order valence-electron chi connectivity index (χ1n) is 4.69. The predicted octanol–water partition coefficient (Wildman–Crippen LogP) is 1.88. The molecule has 5 nitrogen and oxygen atoms in total. The van der Waals surface area contributed by atoms with Crippen LogP contribution in [0.4, 0.5) is 0 Å². The van der Waals surface area contributed by atoms with Crippen molar-refractivity contribution in [1.29, 1.82) is 0 Å². The van der Waals surface area contributed by atoms with Crippen molar-refractivity contribution in [2.75, 3.05) is 0 Å². The van der Waals surface area contributed by atoms with Crippen LogP contribution in [0.3, 0.4) is 0 Å². The van der Waals surface area contributed by atoms with E-state index >= 15 is 0 Å². The number of hydrogen-bond acceptors (Lipinski definition) is 4. The molecule has 0 saturated carbocycles. The van der Waals surface area contributed by atoms with Crippen LogP contribution >= 0.6 is 8.03 Å². The minimum Gasteiger partial charge on any atom is -0.479 e. The molecule has 3 atom stereocenters. The number of hydrogen-bond donors (Lipinski definition) is 2. The molecule has 16 heavy (non-hydrogen) atoms. The zero-order valence-electron chi connectivity index (χ0n) is 8.74. The second-order valence-corrected chi connectivity index (χ2v) is 4.86. The van der Waals surface area contributed by atoms with Crippen LogP contribution in [0.1, 0.15) is 18.6 Å². The Morgan fingerprint density at radius 2 is 2.00 bits per heavy atom. The summed E-state index contributed by atoms with van der Waals surface area (Å²) in [6, 6.07) is 8.33. The lowest BCUT2D eigenvalue weighted by atomic mass is 10.1. The number of carboxylic acid groups (broad SMARTS) is 1. The molecule has 0 bridgehead atoms. The Morgan fingerprint density at radius 1 is 1.44 bits per heavy atom. The molecule has 0 fully saturated rings. The molecule has 6 heteroatoms. The summed E-state index contributed by atoms with van der Waals surface area (Å²) < 4.78 is 16.3. The van der Waals surface area contributed by atoms with Gasteiger partial charge in [-0.3, -0.25) is 5.73 Å². The summed E-state index contributed by atoms with van der Waals surface area (Å²) >= 11 is 0. The Kier molecular flexibility index (Phi) is 4.55. The van der Waals surface area contributed by atoms with E-state index in [0.717, 1.165) is 0 Å². The minimum atomic E-state index is -2.19. The smallest absolute Gasteiger partial charge is 0.479 e. The SMILES string of the molecule is C[C@@H](N)[P+](=O)O[C@@H](C(=O)O)c1ccccc1. The summed E-state index contributed by atoms with van der Waals surface area (Å²) in [5.41, 5.74) is 5.80. The predicted molar refractivity (Wildman–Crippen MR) is 59.2 cm³/mol. The highest BCUT2D eigenvalue weighted by Crippen LogP contribution is 2.34. The molecule has 3 N–H and O–H groups in total. The van der Waals surface area contributed by atoms with E-state index in [2.05, 4.69) is 0 Å². The van der Waals surface area contributed by atoms with Crippen LogP contribution in [0.15, 0.2) is 30.3 Å². The van der Waals surface area contributed by atoms with Crippen molar-refractivity contribution in [3.05, 3.63) is 35.9 Å². The van der Waals surface area contributed by atoms with Crippen LogP contribution in [0.5, 0.6) is 0 Å². The molecule has 0 aliphatic rings. The summed E-state index contributed by atoms with van der Waals surface area (Å²) in [5, 5.41) is 8.96. The fourth-order valence-corrected chi connectivity index (χ4v) is 1.69. The molecule has 0 aliphatic carbocycles. The van der Waals surface area contributed by atoms with E-state index in [1.54, 1.807) is 30.3 Å². The molecule has 1 aromatic rings. The van der Waals surface area contributed by atoms with Gasteiger partial charge < -0.3 is 5.11 Å². The van der Waals surface area contributed by atoms with Gasteiger partial charge in [0.2, 0.25) is 11.9 Å². The van der Waals surface area contributed by atoms with E-state index in [1.807, 2.05) is 0 Å². The van der Waals surface area contributed by atoms with Gasteiger partial charge in [-0.15, -0.1) is 4.52 Å². The van der Waals surface area contributed by atoms with Crippen LogP contribution < -0.4 is 5.73 Å². The van der Waals surface area contributed by atoms with Gasteiger partial charge in [-0.2, -0.15) is 0 Å². The average molecular weight is 242 g/mol. The number of carboxylic acids is 1. The van der Waals surface area contributed by atoms with Crippen molar-refractivity contribution < 1.29 is 19.0 Å². The molecule has 0 aliphatic heterocycles. The Morgan fingerprint density at radius 3 is 2.44 bits per heavy atom. The first-order chi connectivity index (χ1) is 7.52. The standard InChI is InChI=1S/C10H12NO4P/c1-7(11)16(14)15-9(10(12)13)8-5-3-2-4-6-8/h2-7,9H,11H2,1H3/p+1/t7-,9+/m0/s1.